The molecule has 1 aromatic rings. The highest BCUT2D eigenvalue weighted by atomic mass is 32.2. The van der Waals surface area contributed by atoms with Crippen LogP contribution in [0.5, 0.6) is 0 Å². The molecule has 0 saturated heterocycles. The topological polar surface area (TPSA) is 46.2 Å². The lowest BCUT2D eigenvalue weighted by Crippen LogP contribution is -2.37. The van der Waals surface area contributed by atoms with E-state index < -0.39 is 9.84 Å². The molecule has 0 bridgehead atoms. The molecule has 18 heavy (non-hydrogen) atoms. The molecule has 1 unspecified atom stereocenters. The molecule has 0 amide bonds. The van der Waals surface area contributed by atoms with Crippen LogP contribution in [0.4, 0.5) is 0 Å². The van der Waals surface area contributed by atoms with Crippen LogP contribution in [0.25, 0.3) is 0 Å². The van der Waals surface area contributed by atoms with Crippen molar-refractivity contribution in [2.75, 3.05) is 18.1 Å². The van der Waals surface area contributed by atoms with Crippen molar-refractivity contribution in [1.82, 2.24) is 5.32 Å². The van der Waals surface area contributed by atoms with Gasteiger partial charge in [0.25, 0.3) is 0 Å². The molecule has 1 N–H and O–H groups in total. The van der Waals surface area contributed by atoms with Crippen LogP contribution in [0.1, 0.15) is 24.5 Å². The second-order valence-electron chi connectivity index (χ2n) is 4.90. The molecule has 1 aliphatic rings. The minimum absolute atomic E-state index is 0.238. The molecule has 3 nitrogen and oxygen atoms in total. The maximum absolute atomic E-state index is 11.4. The molecule has 2 rings (SSSR count). The fourth-order valence-electron chi connectivity index (χ4n) is 2.43. The fraction of sp³-hybridized carbons (Fsp3) is 0.571. The van der Waals surface area contributed by atoms with E-state index in [1.54, 1.807) is 6.92 Å². The molecule has 1 aliphatic carbocycles. The van der Waals surface area contributed by atoms with E-state index in [2.05, 4.69) is 29.6 Å². The molecule has 0 fully saturated rings. The van der Waals surface area contributed by atoms with Crippen molar-refractivity contribution < 1.29 is 8.42 Å². The van der Waals surface area contributed by atoms with Gasteiger partial charge in [-0.05, 0) is 30.4 Å². The Bertz CT molecular complexity index is 496. The van der Waals surface area contributed by atoms with E-state index in [-0.39, 0.29) is 11.5 Å². The molecule has 4 heteroatoms. The predicted molar refractivity (Wildman–Crippen MR) is 74.6 cm³/mol. The number of fused-ring (bicyclic) bond motifs is 1. The van der Waals surface area contributed by atoms with Crippen molar-refractivity contribution in [2.45, 2.75) is 32.2 Å². The fourth-order valence-corrected chi connectivity index (χ4v) is 3.15. The SMILES string of the molecule is CCS(=O)(=O)CCNC1CCc2ccccc2C1. The minimum atomic E-state index is -2.84. The van der Waals surface area contributed by atoms with Gasteiger partial charge >= 0.3 is 0 Å². The molecular weight excluding hydrogens is 246 g/mol. The van der Waals surface area contributed by atoms with E-state index >= 15 is 0 Å². The van der Waals surface area contributed by atoms with E-state index in [0.29, 0.717) is 12.6 Å². The zero-order valence-electron chi connectivity index (χ0n) is 10.9. The van der Waals surface area contributed by atoms with E-state index in [4.69, 9.17) is 0 Å². The first-order chi connectivity index (χ1) is 8.61. The van der Waals surface area contributed by atoms with Gasteiger partial charge in [-0.25, -0.2) is 8.42 Å². The third-order valence-corrected chi connectivity index (χ3v) is 5.34. The molecule has 0 radical (unpaired) electrons. The highest BCUT2D eigenvalue weighted by Gasteiger charge is 2.18. The van der Waals surface area contributed by atoms with Gasteiger partial charge in [-0.3, -0.25) is 0 Å². The van der Waals surface area contributed by atoms with E-state index in [1.807, 2.05) is 0 Å². The summed E-state index contributed by atoms with van der Waals surface area (Å²) >= 11 is 0. The Morgan fingerprint density at radius 3 is 2.72 bits per heavy atom. The second kappa shape index (κ2) is 5.85. The molecule has 0 aliphatic heterocycles. The number of hydrogen-bond acceptors (Lipinski definition) is 3. The first kappa shape index (κ1) is 13.6. The van der Waals surface area contributed by atoms with Gasteiger partial charge in [0.2, 0.25) is 0 Å². The molecule has 1 aromatic carbocycles. The Morgan fingerprint density at radius 2 is 2.00 bits per heavy atom. The number of aryl methyl sites for hydroxylation is 1. The van der Waals surface area contributed by atoms with Crippen LogP contribution >= 0.6 is 0 Å². The maximum atomic E-state index is 11.4. The van der Waals surface area contributed by atoms with Crippen molar-refractivity contribution in [2.24, 2.45) is 0 Å². The summed E-state index contributed by atoms with van der Waals surface area (Å²) < 4.78 is 22.8. The number of nitrogens with one attached hydrogen (secondary N) is 1. The minimum Gasteiger partial charge on any atom is -0.313 e. The summed E-state index contributed by atoms with van der Waals surface area (Å²) in [5, 5.41) is 3.37. The first-order valence-electron chi connectivity index (χ1n) is 6.61. The van der Waals surface area contributed by atoms with Crippen LogP contribution < -0.4 is 5.32 Å². The van der Waals surface area contributed by atoms with Gasteiger partial charge in [-0.1, -0.05) is 31.2 Å². The van der Waals surface area contributed by atoms with Gasteiger partial charge < -0.3 is 5.32 Å². The van der Waals surface area contributed by atoms with Crippen molar-refractivity contribution in [3.05, 3.63) is 35.4 Å². The number of sulfone groups is 1. The zero-order chi connectivity index (χ0) is 13.0. The van der Waals surface area contributed by atoms with E-state index in [0.717, 1.165) is 19.3 Å². The summed E-state index contributed by atoms with van der Waals surface area (Å²) in [4.78, 5) is 0. The highest BCUT2D eigenvalue weighted by molar-refractivity contribution is 7.91. The quantitative estimate of drug-likeness (QED) is 0.881. The van der Waals surface area contributed by atoms with E-state index in [9.17, 15) is 8.42 Å². The average molecular weight is 267 g/mol. The number of rotatable bonds is 5. The van der Waals surface area contributed by atoms with E-state index in [1.165, 1.54) is 11.1 Å². The summed E-state index contributed by atoms with van der Waals surface area (Å²) in [5.41, 5.74) is 2.84. The van der Waals surface area contributed by atoms with Crippen molar-refractivity contribution in [3.63, 3.8) is 0 Å². The van der Waals surface area contributed by atoms with Crippen molar-refractivity contribution in [1.29, 1.82) is 0 Å². The second-order valence-corrected chi connectivity index (χ2v) is 7.37. The smallest absolute Gasteiger partial charge is 0.151 e. The van der Waals surface area contributed by atoms with Crippen LogP contribution in [-0.4, -0.2) is 32.5 Å². The Morgan fingerprint density at radius 1 is 1.28 bits per heavy atom. The van der Waals surface area contributed by atoms with Gasteiger partial charge in [-0.2, -0.15) is 0 Å². The third kappa shape index (κ3) is 3.56. The normalized spacial score (nSPS) is 19.5. The van der Waals surface area contributed by atoms with Gasteiger partial charge in [0.15, 0.2) is 9.84 Å². The third-order valence-electron chi connectivity index (χ3n) is 3.63. The molecule has 0 aromatic heterocycles. The van der Waals surface area contributed by atoms with Gasteiger partial charge in [0, 0.05) is 18.3 Å². The summed E-state index contributed by atoms with van der Waals surface area (Å²) in [6, 6.07) is 8.94. The lowest BCUT2D eigenvalue weighted by Gasteiger charge is -2.25. The Kier molecular flexibility index (Phi) is 4.40. The van der Waals surface area contributed by atoms with Crippen LogP contribution in [0.15, 0.2) is 24.3 Å². The van der Waals surface area contributed by atoms with Gasteiger partial charge in [0.05, 0.1) is 5.75 Å². The molecule has 100 valence electrons. The molecule has 0 saturated carbocycles. The van der Waals surface area contributed by atoms with Crippen LogP contribution in [0.2, 0.25) is 0 Å². The summed E-state index contributed by atoms with van der Waals surface area (Å²) in [7, 11) is -2.84. The number of benzene rings is 1. The zero-order valence-corrected chi connectivity index (χ0v) is 11.7. The monoisotopic (exact) mass is 267 g/mol. The molecule has 1 atom stereocenters. The Balaban J connectivity index is 1.84. The van der Waals surface area contributed by atoms with Crippen LogP contribution in [-0.2, 0) is 22.7 Å². The van der Waals surface area contributed by atoms with Crippen molar-refractivity contribution in [3.8, 4) is 0 Å². The molecular formula is C14H21NO2S. The lowest BCUT2D eigenvalue weighted by molar-refractivity contribution is 0.469. The summed E-state index contributed by atoms with van der Waals surface area (Å²) in [6.07, 6.45) is 3.21. The number of hydrogen-bond donors (Lipinski definition) is 1. The molecule has 0 heterocycles. The Labute approximate surface area is 110 Å². The largest absolute Gasteiger partial charge is 0.313 e. The van der Waals surface area contributed by atoms with Gasteiger partial charge in [-0.15, -0.1) is 0 Å². The van der Waals surface area contributed by atoms with Gasteiger partial charge in [0.1, 0.15) is 0 Å². The molecule has 0 spiro atoms. The maximum Gasteiger partial charge on any atom is 0.151 e. The highest BCUT2D eigenvalue weighted by Crippen LogP contribution is 2.20. The predicted octanol–water partition coefficient (Wildman–Crippen LogP) is 1.57. The van der Waals surface area contributed by atoms with Crippen LogP contribution in [0, 0.1) is 0 Å². The van der Waals surface area contributed by atoms with Crippen LogP contribution in [0.3, 0.4) is 0 Å². The van der Waals surface area contributed by atoms with Crippen molar-refractivity contribution >= 4 is 9.84 Å². The lowest BCUT2D eigenvalue weighted by atomic mass is 9.88. The summed E-state index contributed by atoms with van der Waals surface area (Å²) in [5.74, 6) is 0.490. The first-order valence-corrected chi connectivity index (χ1v) is 8.43. The Hall–Kier alpha value is -0.870. The standard InChI is InChI=1S/C14H21NO2S/c1-2-18(16,17)10-9-15-14-8-7-12-5-3-4-6-13(12)11-14/h3-6,14-15H,2,7-11H2,1H3. The summed E-state index contributed by atoms with van der Waals surface area (Å²) in [6.45, 7) is 2.27. The average Bonchev–Trinajstić information content (AvgIpc) is 2.38.